The van der Waals surface area contributed by atoms with Crippen molar-refractivity contribution >= 4 is 11.6 Å². The summed E-state index contributed by atoms with van der Waals surface area (Å²) in [4.78, 5) is 11.7. The van der Waals surface area contributed by atoms with Gasteiger partial charge in [0.25, 0.3) is 0 Å². The zero-order valence-electron chi connectivity index (χ0n) is 14.6. The Kier molecular flexibility index (Phi) is 6.53. The Hall–Kier alpha value is -2.17. The molecular weight excluding hydrogens is 300 g/mol. The number of anilines is 1. The molecule has 0 aliphatic heterocycles. The van der Waals surface area contributed by atoms with E-state index >= 15 is 0 Å². The summed E-state index contributed by atoms with van der Waals surface area (Å²) in [6, 6.07) is 14.4. The van der Waals surface area contributed by atoms with E-state index in [0.717, 1.165) is 5.69 Å². The number of methoxy groups -OCH3 is 1. The predicted molar refractivity (Wildman–Crippen MR) is 99.2 cm³/mol. The first-order chi connectivity index (χ1) is 11.7. The average molecular weight is 326 g/mol. The molecule has 2 aromatic carbocycles. The molecule has 4 heteroatoms. The lowest BCUT2D eigenvalue weighted by Crippen LogP contribution is -2.16. The van der Waals surface area contributed by atoms with Gasteiger partial charge in [-0.05, 0) is 34.4 Å². The standard InChI is InChI=1S/C18H20N2O2.C2H6/c1-22-11-17-14-5-3-2-4-13(14)15-7-6-12(10-16(15)17)20-18(21)8-9-19;1-2/h2-7,10,17H,8-9,11,19H2,1H3,(H,20,21);1-2H3. The summed E-state index contributed by atoms with van der Waals surface area (Å²) in [5.74, 6) is 0.156. The first kappa shape index (κ1) is 18.2. The smallest absolute Gasteiger partial charge is 0.225 e. The number of benzene rings is 2. The minimum absolute atomic E-state index is 0.0544. The molecule has 2 aromatic rings. The molecule has 0 aromatic heterocycles. The van der Waals surface area contributed by atoms with Crippen molar-refractivity contribution in [2.75, 3.05) is 25.6 Å². The molecule has 0 saturated heterocycles. The Balaban J connectivity index is 0.00000100. The number of hydrogen-bond donors (Lipinski definition) is 2. The number of rotatable bonds is 5. The van der Waals surface area contributed by atoms with Gasteiger partial charge in [-0.15, -0.1) is 0 Å². The molecule has 1 aliphatic rings. The molecule has 128 valence electrons. The van der Waals surface area contributed by atoms with E-state index in [1.807, 2.05) is 26.0 Å². The van der Waals surface area contributed by atoms with Crippen LogP contribution in [0.3, 0.4) is 0 Å². The maximum Gasteiger partial charge on any atom is 0.225 e. The fraction of sp³-hybridized carbons (Fsp3) is 0.350. The van der Waals surface area contributed by atoms with Crippen LogP contribution in [0, 0.1) is 0 Å². The van der Waals surface area contributed by atoms with Crippen molar-refractivity contribution in [1.82, 2.24) is 0 Å². The molecule has 0 spiro atoms. The molecule has 1 atom stereocenters. The Morgan fingerprint density at radius 3 is 2.54 bits per heavy atom. The molecule has 0 heterocycles. The zero-order valence-corrected chi connectivity index (χ0v) is 14.6. The molecule has 1 amide bonds. The van der Waals surface area contributed by atoms with E-state index in [2.05, 4.69) is 35.6 Å². The van der Waals surface area contributed by atoms with E-state index < -0.39 is 0 Å². The topological polar surface area (TPSA) is 64.3 Å². The summed E-state index contributed by atoms with van der Waals surface area (Å²) in [5, 5.41) is 2.90. The van der Waals surface area contributed by atoms with Crippen LogP contribution in [0.4, 0.5) is 5.69 Å². The van der Waals surface area contributed by atoms with Crippen molar-refractivity contribution in [2.45, 2.75) is 26.2 Å². The number of carbonyl (C=O) groups is 1. The number of carbonyl (C=O) groups excluding carboxylic acids is 1. The highest BCUT2D eigenvalue weighted by Gasteiger charge is 2.28. The van der Waals surface area contributed by atoms with Gasteiger partial charge >= 0.3 is 0 Å². The molecule has 0 bridgehead atoms. The molecule has 1 unspecified atom stereocenters. The van der Waals surface area contributed by atoms with Gasteiger partial charge in [0.15, 0.2) is 0 Å². The number of ether oxygens (including phenoxy) is 1. The lowest BCUT2D eigenvalue weighted by atomic mass is 9.97. The third-order valence-corrected chi connectivity index (χ3v) is 4.04. The molecular formula is C20H26N2O2. The van der Waals surface area contributed by atoms with Gasteiger partial charge in [-0.3, -0.25) is 4.79 Å². The molecule has 3 N–H and O–H groups in total. The minimum atomic E-state index is -0.0544. The summed E-state index contributed by atoms with van der Waals surface area (Å²) in [5.41, 5.74) is 11.2. The Morgan fingerprint density at radius 2 is 1.83 bits per heavy atom. The molecule has 0 fully saturated rings. The van der Waals surface area contributed by atoms with Gasteiger partial charge in [-0.1, -0.05) is 44.2 Å². The van der Waals surface area contributed by atoms with Gasteiger partial charge < -0.3 is 15.8 Å². The summed E-state index contributed by atoms with van der Waals surface area (Å²) in [6.45, 7) is 4.98. The Labute approximate surface area is 144 Å². The normalized spacial score (nSPS) is 14.2. The van der Waals surface area contributed by atoms with Crippen LogP contribution in [0.5, 0.6) is 0 Å². The van der Waals surface area contributed by atoms with Crippen LogP contribution in [-0.4, -0.2) is 26.2 Å². The quantitative estimate of drug-likeness (QED) is 0.879. The van der Waals surface area contributed by atoms with Crippen molar-refractivity contribution in [3.05, 3.63) is 53.6 Å². The van der Waals surface area contributed by atoms with E-state index in [0.29, 0.717) is 19.6 Å². The van der Waals surface area contributed by atoms with Gasteiger partial charge in [0.05, 0.1) is 6.61 Å². The first-order valence-corrected chi connectivity index (χ1v) is 8.46. The minimum Gasteiger partial charge on any atom is -0.384 e. The van der Waals surface area contributed by atoms with Crippen LogP contribution >= 0.6 is 0 Å². The second-order valence-corrected chi connectivity index (χ2v) is 5.48. The number of hydrogen-bond acceptors (Lipinski definition) is 3. The number of nitrogens with one attached hydrogen (secondary N) is 1. The van der Waals surface area contributed by atoms with Crippen LogP contribution in [-0.2, 0) is 9.53 Å². The van der Waals surface area contributed by atoms with E-state index in [-0.39, 0.29) is 11.8 Å². The van der Waals surface area contributed by atoms with Crippen LogP contribution < -0.4 is 11.1 Å². The average Bonchev–Trinajstić information content (AvgIpc) is 2.91. The molecule has 24 heavy (non-hydrogen) atoms. The van der Waals surface area contributed by atoms with Crippen LogP contribution in [0.2, 0.25) is 0 Å². The maximum absolute atomic E-state index is 11.7. The summed E-state index contributed by atoms with van der Waals surface area (Å²) < 4.78 is 5.40. The van der Waals surface area contributed by atoms with E-state index in [9.17, 15) is 4.79 Å². The Morgan fingerprint density at radius 1 is 1.12 bits per heavy atom. The number of nitrogens with two attached hydrogens (primary N) is 1. The molecule has 1 aliphatic carbocycles. The van der Waals surface area contributed by atoms with Gasteiger partial charge in [-0.25, -0.2) is 0 Å². The predicted octanol–water partition coefficient (Wildman–Crippen LogP) is 3.76. The number of fused-ring (bicyclic) bond motifs is 3. The van der Waals surface area contributed by atoms with Crippen LogP contribution in [0.15, 0.2) is 42.5 Å². The lowest BCUT2D eigenvalue weighted by Gasteiger charge is -2.13. The van der Waals surface area contributed by atoms with Gasteiger partial charge in [0, 0.05) is 31.7 Å². The van der Waals surface area contributed by atoms with Crippen molar-refractivity contribution in [3.8, 4) is 11.1 Å². The van der Waals surface area contributed by atoms with Crippen molar-refractivity contribution in [3.63, 3.8) is 0 Å². The third kappa shape index (κ3) is 3.66. The highest BCUT2D eigenvalue weighted by Crippen LogP contribution is 2.45. The third-order valence-electron chi connectivity index (χ3n) is 4.04. The maximum atomic E-state index is 11.7. The highest BCUT2D eigenvalue weighted by molar-refractivity contribution is 5.92. The number of amides is 1. The first-order valence-electron chi connectivity index (χ1n) is 8.46. The van der Waals surface area contributed by atoms with E-state index in [1.165, 1.54) is 22.3 Å². The van der Waals surface area contributed by atoms with Gasteiger partial charge in [-0.2, -0.15) is 0 Å². The molecule has 3 rings (SSSR count). The Bertz CT molecular complexity index is 698. The molecule has 4 nitrogen and oxygen atoms in total. The second kappa shape index (κ2) is 8.62. The monoisotopic (exact) mass is 326 g/mol. The lowest BCUT2D eigenvalue weighted by molar-refractivity contribution is -0.116. The van der Waals surface area contributed by atoms with Gasteiger partial charge in [0.2, 0.25) is 5.91 Å². The van der Waals surface area contributed by atoms with Crippen molar-refractivity contribution < 1.29 is 9.53 Å². The molecule has 0 radical (unpaired) electrons. The largest absolute Gasteiger partial charge is 0.384 e. The fourth-order valence-corrected chi connectivity index (χ4v) is 3.09. The highest BCUT2D eigenvalue weighted by atomic mass is 16.5. The van der Waals surface area contributed by atoms with Gasteiger partial charge in [0.1, 0.15) is 0 Å². The van der Waals surface area contributed by atoms with Crippen molar-refractivity contribution in [2.24, 2.45) is 5.73 Å². The summed E-state index contributed by atoms with van der Waals surface area (Å²) >= 11 is 0. The van der Waals surface area contributed by atoms with Crippen LogP contribution in [0.1, 0.15) is 37.3 Å². The SMILES string of the molecule is CC.COCC1c2ccccc2-c2ccc(NC(=O)CCN)cc21. The second-order valence-electron chi connectivity index (χ2n) is 5.48. The van der Waals surface area contributed by atoms with Crippen LogP contribution in [0.25, 0.3) is 11.1 Å². The zero-order chi connectivity index (χ0) is 17.5. The van der Waals surface area contributed by atoms with Crippen molar-refractivity contribution in [1.29, 1.82) is 0 Å². The summed E-state index contributed by atoms with van der Waals surface area (Å²) in [7, 11) is 1.72. The van der Waals surface area contributed by atoms with E-state index in [1.54, 1.807) is 7.11 Å². The summed E-state index contributed by atoms with van der Waals surface area (Å²) in [6.07, 6.45) is 0.332. The fourth-order valence-electron chi connectivity index (χ4n) is 3.09. The van der Waals surface area contributed by atoms with E-state index in [4.69, 9.17) is 10.5 Å². The molecule has 0 saturated carbocycles.